The van der Waals surface area contributed by atoms with Gasteiger partial charge in [-0.05, 0) is 35.8 Å². The van der Waals surface area contributed by atoms with E-state index in [2.05, 4.69) is 51.9 Å². The van der Waals surface area contributed by atoms with Crippen molar-refractivity contribution in [3.8, 4) is 0 Å². The molecule has 0 bridgehead atoms. The first-order valence-corrected chi connectivity index (χ1v) is 8.68. The summed E-state index contributed by atoms with van der Waals surface area (Å²) in [7, 11) is 2.16. The fourth-order valence-electron chi connectivity index (χ4n) is 2.39. The van der Waals surface area contributed by atoms with Crippen LogP contribution in [0.4, 0.5) is 11.8 Å². The molecule has 1 aromatic rings. The standard InChI is InChI=1S/C15H26BrN5/c1-4-6-12-13(16)14(17-7-5-2)19-15(18-12)21-10-8-20(3)9-11-21/h4-11H2,1-3H3,(H,17,18,19). The lowest BCUT2D eigenvalue weighted by molar-refractivity contribution is 0.311. The molecule has 1 fully saturated rings. The van der Waals surface area contributed by atoms with Crippen LogP contribution in [0.3, 0.4) is 0 Å². The summed E-state index contributed by atoms with van der Waals surface area (Å²) in [5, 5.41) is 3.41. The molecule has 1 saturated heterocycles. The molecule has 1 N–H and O–H groups in total. The predicted molar refractivity (Wildman–Crippen MR) is 92.2 cm³/mol. The van der Waals surface area contributed by atoms with Crippen LogP contribution in [0.5, 0.6) is 0 Å². The Labute approximate surface area is 136 Å². The van der Waals surface area contributed by atoms with Gasteiger partial charge in [0.1, 0.15) is 5.82 Å². The van der Waals surface area contributed by atoms with Crippen molar-refractivity contribution in [3.05, 3.63) is 10.2 Å². The van der Waals surface area contributed by atoms with E-state index in [1.807, 2.05) is 0 Å². The Morgan fingerprint density at radius 3 is 2.43 bits per heavy atom. The summed E-state index contributed by atoms with van der Waals surface area (Å²) in [6.07, 6.45) is 3.15. The summed E-state index contributed by atoms with van der Waals surface area (Å²) < 4.78 is 1.02. The third kappa shape index (κ3) is 4.30. The first-order chi connectivity index (χ1) is 10.2. The van der Waals surface area contributed by atoms with Gasteiger partial charge in [-0.1, -0.05) is 20.3 Å². The fourth-order valence-corrected chi connectivity index (χ4v) is 2.91. The quantitative estimate of drug-likeness (QED) is 0.849. The van der Waals surface area contributed by atoms with Crippen LogP contribution in [0, 0.1) is 0 Å². The number of aryl methyl sites for hydroxylation is 1. The van der Waals surface area contributed by atoms with Gasteiger partial charge in [0.2, 0.25) is 5.95 Å². The van der Waals surface area contributed by atoms with Gasteiger partial charge < -0.3 is 15.1 Å². The van der Waals surface area contributed by atoms with Gasteiger partial charge in [-0.3, -0.25) is 0 Å². The van der Waals surface area contributed by atoms with Crippen molar-refractivity contribution in [1.29, 1.82) is 0 Å². The van der Waals surface area contributed by atoms with Crippen LogP contribution in [-0.4, -0.2) is 54.6 Å². The van der Waals surface area contributed by atoms with Gasteiger partial charge in [0.25, 0.3) is 0 Å². The third-order valence-corrected chi connectivity index (χ3v) is 4.56. The van der Waals surface area contributed by atoms with Crippen molar-refractivity contribution in [2.24, 2.45) is 0 Å². The van der Waals surface area contributed by atoms with Crippen LogP contribution >= 0.6 is 15.9 Å². The van der Waals surface area contributed by atoms with Crippen molar-refractivity contribution >= 4 is 27.7 Å². The minimum atomic E-state index is 0.869. The van der Waals surface area contributed by atoms with Crippen molar-refractivity contribution < 1.29 is 0 Å². The molecule has 0 aliphatic carbocycles. The number of hydrogen-bond donors (Lipinski definition) is 1. The summed E-state index contributed by atoms with van der Waals surface area (Å²) in [4.78, 5) is 14.2. The average Bonchev–Trinajstić information content (AvgIpc) is 2.49. The van der Waals surface area contributed by atoms with Gasteiger partial charge in [0, 0.05) is 32.7 Å². The maximum Gasteiger partial charge on any atom is 0.227 e. The highest BCUT2D eigenvalue weighted by atomic mass is 79.9. The van der Waals surface area contributed by atoms with Gasteiger partial charge in [-0.15, -0.1) is 0 Å². The van der Waals surface area contributed by atoms with E-state index >= 15 is 0 Å². The van der Waals surface area contributed by atoms with E-state index in [-0.39, 0.29) is 0 Å². The maximum atomic E-state index is 4.79. The molecule has 2 rings (SSSR count). The van der Waals surface area contributed by atoms with E-state index in [1.165, 1.54) is 0 Å². The Balaban J connectivity index is 2.25. The number of halogens is 1. The molecule has 1 aliphatic rings. The van der Waals surface area contributed by atoms with Crippen LogP contribution < -0.4 is 10.2 Å². The Bertz CT molecular complexity index is 458. The molecule has 0 atom stereocenters. The summed E-state index contributed by atoms with van der Waals surface area (Å²) in [5.74, 6) is 1.80. The summed E-state index contributed by atoms with van der Waals surface area (Å²) in [6, 6.07) is 0. The second-order valence-electron chi connectivity index (χ2n) is 5.60. The lowest BCUT2D eigenvalue weighted by Crippen LogP contribution is -2.45. The zero-order valence-electron chi connectivity index (χ0n) is 13.3. The maximum absolute atomic E-state index is 4.79. The van der Waals surface area contributed by atoms with Crippen LogP contribution in [0.1, 0.15) is 32.4 Å². The molecular weight excluding hydrogens is 330 g/mol. The lowest BCUT2D eigenvalue weighted by atomic mass is 10.2. The minimum Gasteiger partial charge on any atom is -0.369 e. The fraction of sp³-hybridized carbons (Fsp3) is 0.733. The molecule has 0 radical (unpaired) electrons. The molecule has 2 heterocycles. The van der Waals surface area contributed by atoms with Crippen LogP contribution in [0.15, 0.2) is 4.47 Å². The second-order valence-corrected chi connectivity index (χ2v) is 6.39. The number of hydrogen-bond acceptors (Lipinski definition) is 5. The zero-order valence-corrected chi connectivity index (χ0v) is 14.9. The number of anilines is 2. The van der Waals surface area contributed by atoms with Gasteiger partial charge in [-0.25, -0.2) is 4.98 Å². The average molecular weight is 356 g/mol. The smallest absolute Gasteiger partial charge is 0.227 e. The van der Waals surface area contributed by atoms with E-state index in [4.69, 9.17) is 9.97 Å². The minimum absolute atomic E-state index is 0.869. The number of nitrogens with zero attached hydrogens (tertiary/aromatic N) is 4. The van der Waals surface area contributed by atoms with Crippen LogP contribution in [-0.2, 0) is 6.42 Å². The van der Waals surface area contributed by atoms with Crippen LogP contribution in [0.2, 0.25) is 0 Å². The summed E-state index contributed by atoms with van der Waals surface area (Å²) >= 11 is 3.67. The van der Waals surface area contributed by atoms with Crippen molar-refractivity contribution in [2.45, 2.75) is 33.1 Å². The van der Waals surface area contributed by atoms with E-state index in [1.54, 1.807) is 0 Å². The summed E-state index contributed by atoms with van der Waals surface area (Å²) in [5.41, 5.74) is 1.11. The van der Waals surface area contributed by atoms with E-state index in [0.717, 1.165) is 73.9 Å². The van der Waals surface area contributed by atoms with Crippen LogP contribution in [0.25, 0.3) is 0 Å². The predicted octanol–water partition coefficient (Wildman–Crippen LogP) is 2.77. The Morgan fingerprint density at radius 1 is 1.10 bits per heavy atom. The number of nitrogens with one attached hydrogen (secondary N) is 1. The molecule has 5 nitrogen and oxygen atoms in total. The highest BCUT2D eigenvalue weighted by Crippen LogP contribution is 2.27. The first-order valence-electron chi connectivity index (χ1n) is 7.89. The first kappa shape index (κ1) is 16.5. The highest BCUT2D eigenvalue weighted by Gasteiger charge is 2.19. The molecule has 1 aliphatic heterocycles. The van der Waals surface area contributed by atoms with Crippen molar-refractivity contribution in [3.63, 3.8) is 0 Å². The molecular formula is C15H26BrN5. The topological polar surface area (TPSA) is 44.3 Å². The monoisotopic (exact) mass is 355 g/mol. The number of likely N-dealkylation sites (N-methyl/N-ethyl adjacent to an activating group) is 1. The van der Waals surface area contributed by atoms with Crippen molar-refractivity contribution in [2.75, 3.05) is 50.0 Å². The SMILES string of the molecule is CCCNc1nc(N2CCN(C)CC2)nc(CCC)c1Br. The number of piperazine rings is 1. The summed E-state index contributed by atoms with van der Waals surface area (Å²) in [6.45, 7) is 9.41. The van der Waals surface area contributed by atoms with Gasteiger partial charge in [0.15, 0.2) is 0 Å². The van der Waals surface area contributed by atoms with E-state index in [0.29, 0.717) is 0 Å². The Morgan fingerprint density at radius 2 is 1.81 bits per heavy atom. The normalized spacial score (nSPS) is 16.3. The molecule has 0 aromatic carbocycles. The molecule has 0 spiro atoms. The van der Waals surface area contributed by atoms with Gasteiger partial charge in [0.05, 0.1) is 10.2 Å². The molecule has 21 heavy (non-hydrogen) atoms. The number of rotatable bonds is 6. The molecule has 118 valence electrons. The third-order valence-electron chi connectivity index (χ3n) is 3.72. The molecule has 0 saturated carbocycles. The van der Waals surface area contributed by atoms with Crippen molar-refractivity contribution in [1.82, 2.24) is 14.9 Å². The largest absolute Gasteiger partial charge is 0.369 e. The highest BCUT2D eigenvalue weighted by molar-refractivity contribution is 9.10. The zero-order chi connectivity index (χ0) is 15.2. The van der Waals surface area contributed by atoms with E-state index in [9.17, 15) is 0 Å². The Kier molecular flexibility index (Phi) is 6.23. The molecule has 0 unspecified atom stereocenters. The molecule has 0 amide bonds. The van der Waals surface area contributed by atoms with Gasteiger partial charge in [-0.2, -0.15) is 4.98 Å². The molecule has 6 heteroatoms. The molecule has 1 aromatic heterocycles. The number of aromatic nitrogens is 2. The second kappa shape index (κ2) is 7.94. The van der Waals surface area contributed by atoms with E-state index < -0.39 is 0 Å². The van der Waals surface area contributed by atoms with Gasteiger partial charge >= 0.3 is 0 Å². The Hall–Kier alpha value is -0.880. The lowest BCUT2D eigenvalue weighted by Gasteiger charge is -2.32.